The molecule has 0 amide bonds. The van der Waals surface area contributed by atoms with Gasteiger partial charge in [0.25, 0.3) is 0 Å². The molecule has 1 aromatic carbocycles. The number of hydrogen-bond acceptors (Lipinski definition) is 4. The van der Waals surface area contributed by atoms with Gasteiger partial charge >= 0.3 is 0 Å². The molecule has 1 aliphatic rings. The first kappa shape index (κ1) is 12.7. The number of nitriles is 1. The number of nitrogen functional groups attached to an aromatic ring is 1. The fraction of sp³-hybridized carbons (Fsp3) is 0.333. The monoisotopic (exact) mass is 268 g/mol. The van der Waals surface area contributed by atoms with E-state index in [4.69, 9.17) is 10.5 Å². The van der Waals surface area contributed by atoms with Gasteiger partial charge in [-0.2, -0.15) is 10.4 Å². The van der Waals surface area contributed by atoms with E-state index in [1.807, 2.05) is 31.2 Å². The number of anilines is 1. The van der Waals surface area contributed by atoms with Crippen molar-refractivity contribution in [3.8, 4) is 11.8 Å². The minimum Gasteiger partial charge on any atom is -0.382 e. The summed E-state index contributed by atoms with van der Waals surface area (Å²) in [5.74, 6) is 0.378. The molecular formula is C15H16N4O. The minimum absolute atomic E-state index is 0.113. The third kappa shape index (κ3) is 2.04. The van der Waals surface area contributed by atoms with Gasteiger partial charge in [0.2, 0.25) is 0 Å². The molecule has 1 saturated heterocycles. The predicted molar refractivity (Wildman–Crippen MR) is 75.4 cm³/mol. The highest BCUT2D eigenvalue weighted by atomic mass is 16.5. The third-order valence-corrected chi connectivity index (χ3v) is 3.54. The van der Waals surface area contributed by atoms with Crippen molar-refractivity contribution in [1.29, 1.82) is 5.26 Å². The van der Waals surface area contributed by atoms with Gasteiger partial charge in [0.15, 0.2) is 0 Å². The molecule has 1 fully saturated rings. The lowest BCUT2D eigenvalue weighted by Crippen LogP contribution is -2.03. The molecule has 1 aromatic heterocycles. The van der Waals surface area contributed by atoms with E-state index in [0.717, 1.165) is 24.1 Å². The molecule has 1 aliphatic heterocycles. The summed E-state index contributed by atoms with van der Waals surface area (Å²) in [7, 11) is 0. The highest BCUT2D eigenvalue weighted by Crippen LogP contribution is 2.33. The standard InChI is InChI=1S/C15H16N4O/c1-10-4-2-5-11(8-10)19-15(17)12(9-16)14(18-19)13-6-3-7-20-13/h2,4-5,8,13H,3,6-7,17H2,1H3/t13-/m0/s1. The molecular weight excluding hydrogens is 252 g/mol. The lowest BCUT2D eigenvalue weighted by atomic mass is 10.1. The molecule has 2 aromatic rings. The Kier molecular flexibility index (Phi) is 3.17. The van der Waals surface area contributed by atoms with Crippen molar-refractivity contribution in [3.05, 3.63) is 41.1 Å². The van der Waals surface area contributed by atoms with Crippen molar-refractivity contribution in [3.63, 3.8) is 0 Å². The summed E-state index contributed by atoms with van der Waals surface area (Å²) in [6, 6.07) is 10.0. The van der Waals surface area contributed by atoms with Crippen molar-refractivity contribution in [1.82, 2.24) is 9.78 Å². The van der Waals surface area contributed by atoms with Crippen molar-refractivity contribution in [2.45, 2.75) is 25.9 Å². The van der Waals surface area contributed by atoms with Gasteiger partial charge < -0.3 is 10.5 Å². The molecule has 0 aliphatic carbocycles. The molecule has 5 heteroatoms. The maximum absolute atomic E-state index is 9.34. The highest BCUT2D eigenvalue weighted by Gasteiger charge is 2.27. The summed E-state index contributed by atoms with van der Waals surface area (Å²) in [6.07, 6.45) is 1.77. The lowest BCUT2D eigenvalue weighted by Gasteiger charge is -2.06. The van der Waals surface area contributed by atoms with Crippen molar-refractivity contribution < 1.29 is 4.74 Å². The Hall–Kier alpha value is -2.32. The molecule has 0 radical (unpaired) electrons. The predicted octanol–water partition coefficient (Wildman–Crippen LogP) is 2.49. The number of aromatic nitrogens is 2. The van der Waals surface area contributed by atoms with E-state index < -0.39 is 0 Å². The van der Waals surface area contributed by atoms with Crippen LogP contribution in [-0.2, 0) is 4.74 Å². The van der Waals surface area contributed by atoms with Crippen LogP contribution in [0.25, 0.3) is 5.69 Å². The Morgan fingerprint density at radius 3 is 3.00 bits per heavy atom. The fourth-order valence-corrected chi connectivity index (χ4v) is 2.54. The van der Waals surface area contributed by atoms with Gasteiger partial charge in [0.1, 0.15) is 29.2 Å². The summed E-state index contributed by atoms with van der Waals surface area (Å²) < 4.78 is 7.25. The maximum Gasteiger partial charge on any atom is 0.145 e. The van der Waals surface area contributed by atoms with Gasteiger partial charge in [-0.1, -0.05) is 12.1 Å². The maximum atomic E-state index is 9.34. The second-order valence-electron chi connectivity index (χ2n) is 5.01. The van der Waals surface area contributed by atoms with Crippen LogP contribution in [0.1, 0.15) is 35.8 Å². The van der Waals surface area contributed by atoms with Crippen LogP contribution in [-0.4, -0.2) is 16.4 Å². The van der Waals surface area contributed by atoms with Crippen LogP contribution >= 0.6 is 0 Å². The average Bonchev–Trinajstić information content (AvgIpc) is 3.05. The van der Waals surface area contributed by atoms with Crippen LogP contribution in [0.4, 0.5) is 5.82 Å². The number of benzene rings is 1. The summed E-state index contributed by atoms with van der Waals surface area (Å²) in [5.41, 5.74) is 9.16. The number of nitrogens with two attached hydrogens (primary N) is 1. The molecule has 0 saturated carbocycles. The summed E-state index contributed by atoms with van der Waals surface area (Å²) in [6.45, 7) is 2.72. The smallest absolute Gasteiger partial charge is 0.145 e. The van der Waals surface area contributed by atoms with Crippen molar-refractivity contribution in [2.75, 3.05) is 12.3 Å². The zero-order valence-electron chi connectivity index (χ0n) is 11.3. The third-order valence-electron chi connectivity index (χ3n) is 3.54. The lowest BCUT2D eigenvalue weighted by molar-refractivity contribution is 0.108. The van der Waals surface area contributed by atoms with Gasteiger partial charge in [-0.05, 0) is 37.5 Å². The number of hydrogen-bond donors (Lipinski definition) is 1. The van der Waals surface area contributed by atoms with E-state index >= 15 is 0 Å². The van der Waals surface area contributed by atoms with E-state index in [9.17, 15) is 5.26 Å². The summed E-state index contributed by atoms with van der Waals surface area (Å²) >= 11 is 0. The molecule has 0 bridgehead atoms. The molecule has 0 spiro atoms. The Balaban J connectivity index is 2.11. The van der Waals surface area contributed by atoms with E-state index in [1.54, 1.807) is 4.68 Å². The Bertz CT molecular complexity index is 678. The Morgan fingerprint density at radius 1 is 1.50 bits per heavy atom. The molecule has 5 nitrogen and oxygen atoms in total. The molecule has 20 heavy (non-hydrogen) atoms. The second-order valence-corrected chi connectivity index (χ2v) is 5.01. The molecule has 3 rings (SSSR count). The topological polar surface area (TPSA) is 76.9 Å². The van der Waals surface area contributed by atoms with Gasteiger partial charge in [0.05, 0.1) is 5.69 Å². The van der Waals surface area contributed by atoms with E-state index in [1.165, 1.54) is 0 Å². The largest absolute Gasteiger partial charge is 0.382 e. The minimum atomic E-state index is -0.113. The Morgan fingerprint density at radius 2 is 2.35 bits per heavy atom. The van der Waals surface area contributed by atoms with Crippen molar-refractivity contribution in [2.24, 2.45) is 0 Å². The van der Waals surface area contributed by atoms with E-state index in [2.05, 4.69) is 11.2 Å². The molecule has 102 valence electrons. The first-order chi connectivity index (χ1) is 9.70. The Labute approximate surface area is 117 Å². The van der Waals surface area contributed by atoms with Gasteiger partial charge in [-0.3, -0.25) is 0 Å². The zero-order valence-corrected chi connectivity index (χ0v) is 11.3. The first-order valence-corrected chi connectivity index (χ1v) is 6.68. The van der Waals surface area contributed by atoms with Crippen LogP contribution in [0.2, 0.25) is 0 Å². The van der Waals surface area contributed by atoms with Gasteiger partial charge in [0, 0.05) is 6.61 Å². The summed E-state index contributed by atoms with van der Waals surface area (Å²) in [4.78, 5) is 0. The molecule has 1 atom stereocenters. The zero-order chi connectivity index (χ0) is 14.1. The molecule has 2 heterocycles. The number of nitrogens with zero attached hydrogens (tertiary/aromatic N) is 3. The average molecular weight is 268 g/mol. The SMILES string of the molecule is Cc1cccc(-n2nc([C@@H]3CCCO3)c(C#N)c2N)c1. The fourth-order valence-electron chi connectivity index (χ4n) is 2.54. The van der Waals surface area contributed by atoms with Gasteiger partial charge in [-0.15, -0.1) is 0 Å². The van der Waals surface area contributed by atoms with Crippen molar-refractivity contribution >= 4 is 5.82 Å². The number of rotatable bonds is 2. The van der Waals surface area contributed by atoms with E-state index in [-0.39, 0.29) is 6.10 Å². The van der Waals surface area contributed by atoms with Crippen LogP contribution in [0.15, 0.2) is 24.3 Å². The normalized spacial score (nSPS) is 18.1. The van der Waals surface area contributed by atoms with Crippen LogP contribution < -0.4 is 5.73 Å². The number of aryl methyl sites for hydroxylation is 1. The highest BCUT2D eigenvalue weighted by molar-refractivity contribution is 5.57. The molecule has 2 N–H and O–H groups in total. The summed E-state index contributed by atoms with van der Waals surface area (Å²) in [5, 5.41) is 13.9. The van der Waals surface area contributed by atoms with Gasteiger partial charge in [-0.25, -0.2) is 4.68 Å². The van der Waals surface area contributed by atoms with Crippen LogP contribution in [0, 0.1) is 18.3 Å². The molecule has 0 unspecified atom stereocenters. The quantitative estimate of drug-likeness (QED) is 0.907. The van der Waals surface area contributed by atoms with Crippen LogP contribution in [0.3, 0.4) is 0 Å². The first-order valence-electron chi connectivity index (χ1n) is 6.68. The number of ether oxygens (including phenoxy) is 1. The van der Waals surface area contributed by atoms with E-state index in [0.29, 0.717) is 23.7 Å². The second kappa shape index (κ2) is 4.99. The van der Waals surface area contributed by atoms with Crippen LogP contribution in [0.5, 0.6) is 0 Å².